The number of nitrogens with two attached hydrogens (primary N) is 2. The molecule has 0 aliphatic carbocycles. The van der Waals surface area contributed by atoms with Crippen molar-refractivity contribution in [3.8, 4) is 11.1 Å². The predicted molar refractivity (Wildman–Crippen MR) is 71.4 cm³/mol. The summed E-state index contributed by atoms with van der Waals surface area (Å²) >= 11 is 0. The van der Waals surface area contributed by atoms with Gasteiger partial charge in [0.15, 0.2) is 0 Å². The molecule has 0 aliphatic heterocycles. The molecule has 0 atom stereocenters. The van der Waals surface area contributed by atoms with Gasteiger partial charge >= 0.3 is 0 Å². The molecule has 2 aromatic carbocycles. The molecule has 0 amide bonds. The molecule has 0 aliphatic rings. The van der Waals surface area contributed by atoms with Crippen LogP contribution in [0.2, 0.25) is 0 Å². The highest BCUT2D eigenvalue weighted by atomic mass is 15.2. The fourth-order valence-electron chi connectivity index (χ4n) is 1.66. The number of nitrogens with one attached hydrogen (secondary N) is 1. The second-order valence-electron chi connectivity index (χ2n) is 3.71. The molecule has 2 rings (SSSR count). The molecular weight excluding hydrogens is 210 g/mol. The molecule has 2 aromatic rings. The van der Waals surface area contributed by atoms with Gasteiger partial charge in [-0.1, -0.05) is 54.6 Å². The first-order valence-corrected chi connectivity index (χ1v) is 5.39. The lowest BCUT2D eigenvalue weighted by Crippen LogP contribution is -2.16. The minimum Gasteiger partial charge on any atom is -0.397 e. The fraction of sp³-hybridized carbons (Fsp3) is 0. The third-order valence-corrected chi connectivity index (χ3v) is 2.56. The van der Waals surface area contributed by atoms with Crippen molar-refractivity contribution in [3.05, 3.63) is 66.4 Å². The molecule has 3 heteroatoms. The molecular formula is C14H15N3. The van der Waals surface area contributed by atoms with E-state index in [1.165, 1.54) is 11.1 Å². The van der Waals surface area contributed by atoms with Gasteiger partial charge in [-0.25, -0.2) is 0 Å². The molecule has 5 N–H and O–H groups in total. The van der Waals surface area contributed by atoms with Crippen LogP contribution in [0, 0.1) is 0 Å². The lowest BCUT2D eigenvalue weighted by Gasteiger charge is -2.04. The molecule has 0 fully saturated rings. The molecule has 17 heavy (non-hydrogen) atoms. The van der Waals surface area contributed by atoms with Crippen molar-refractivity contribution in [2.24, 2.45) is 11.6 Å². The average Bonchev–Trinajstić information content (AvgIpc) is 2.40. The van der Waals surface area contributed by atoms with E-state index in [1.54, 1.807) is 6.20 Å². The first-order valence-electron chi connectivity index (χ1n) is 5.39. The van der Waals surface area contributed by atoms with Crippen molar-refractivity contribution in [1.82, 2.24) is 5.43 Å². The van der Waals surface area contributed by atoms with Crippen LogP contribution in [0.1, 0.15) is 5.56 Å². The molecule has 0 radical (unpaired) electrons. The zero-order valence-corrected chi connectivity index (χ0v) is 9.43. The van der Waals surface area contributed by atoms with Crippen LogP contribution in [0.3, 0.4) is 0 Å². The second-order valence-corrected chi connectivity index (χ2v) is 3.71. The summed E-state index contributed by atoms with van der Waals surface area (Å²) in [4.78, 5) is 0. The Labute approximate surface area is 101 Å². The quantitative estimate of drug-likeness (QED) is 0.553. The predicted octanol–water partition coefficient (Wildman–Crippen LogP) is 2.07. The van der Waals surface area contributed by atoms with Crippen LogP contribution >= 0.6 is 0 Å². The molecule has 0 saturated carbocycles. The van der Waals surface area contributed by atoms with Gasteiger partial charge in [0.25, 0.3) is 0 Å². The maximum absolute atomic E-state index is 5.81. The van der Waals surface area contributed by atoms with Crippen molar-refractivity contribution in [2.75, 3.05) is 0 Å². The van der Waals surface area contributed by atoms with Crippen LogP contribution in [-0.2, 0) is 0 Å². The Morgan fingerprint density at radius 3 is 2.06 bits per heavy atom. The molecule has 86 valence electrons. The van der Waals surface area contributed by atoms with Crippen LogP contribution in [0.25, 0.3) is 16.8 Å². The Kier molecular flexibility index (Phi) is 3.43. The maximum atomic E-state index is 5.81. The summed E-state index contributed by atoms with van der Waals surface area (Å²) in [7, 11) is 0. The van der Waals surface area contributed by atoms with Gasteiger partial charge in [0, 0.05) is 6.20 Å². The van der Waals surface area contributed by atoms with E-state index < -0.39 is 0 Å². The summed E-state index contributed by atoms with van der Waals surface area (Å²) in [5, 5.41) is 0. The fourth-order valence-corrected chi connectivity index (χ4v) is 1.66. The smallest absolute Gasteiger partial charge is 0.0561 e. The van der Waals surface area contributed by atoms with Crippen LogP contribution < -0.4 is 17.0 Å². The molecule has 0 bridgehead atoms. The number of benzene rings is 2. The van der Waals surface area contributed by atoms with Gasteiger partial charge in [-0.3, -0.25) is 5.84 Å². The number of hydrazine groups is 1. The topological polar surface area (TPSA) is 64.1 Å². The van der Waals surface area contributed by atoms with Gasteiger partial charge in [-0.2, -0.15) is 0 Å². The van der Waals surface area contributed by atoms with E-state index in [0.717, 1.165) is 5.56 Å². The summed E-state index contributed by atoms with van der Waals surface area (Å²) in [6.07, 6.45) is 1.57. The molecule has 3 nitrogen and oxygen atoms in total. The molecule has 0 unspecified atom stereocenters. The van der Waals surface area contributed by atoms with E-state index in [1.807, 2.05) is 42.5 Å². The van der Waals surface area contributed by atoms with Crippen LogP contribution in [0.15, 0.2) is 60.8 Å². The SMILES string of the molecule is NN/C=C(\N)c1ccc(-c2ccccc2)cc1. The van der Waals surface area contributed by atoms with Crippen LogP contribution in [0.4, 0.5) is 0 Å². The van der Waals surface area contributed by atoms with Crippen molar-refractivity contribution in [2.45, 2.75) is 0 Å². The lowest BCUT2D eigenvalue weighted by atomic mass is 10.0. The highest BCUT2D eigenvalue weighted by Crippen LogP contribution is 2.20. The first kappa shape index (κ1) is 11.2. The Morgan fingerprint density at radius 1 is 0.882 bits per heavy atom. The van der Waals surface area contributed by atoms with Crippen molar-refractivity contribution >= 4 is 5.70 Å². The molecule has 0 spiro atoms. The highest BCUT2D eigenvalue weighted by Gasteiger charge is 1.98. The van der Waals surface area contributed by atoms with E-state index in [0.29, 0.717) is 5.70 Å². The summed E-state index contributed by atoms with van der Waals surface area (Å²) in [5.74, 6) is 5.18. The van der Waals surface area contributed by atoms with E-state index in [2.05, 4.69) is 17.6 Å². The summed E-state index contributed by atoms with van der Waals surface area (Å²) < 4.78 is 0. The van der Waals surface area contributed by atoms with Gasteiger partial charge < -0.3 is 11.2 Å². The minimum atomic E-state index is 0.618. The van der Waals surface area contributed by atoms with E-state index >= 15 is 0 Å². The number of hydrogen-bond acceptors (Lipinski definition) is 3. The Morgan fingerprint density at radius 2 is 1.47 bits per heavy atom. The van der Waals surface area contributed by atoms with E-state index in [4.69, 9.17) is 11.6 Å². The van der Waals surface area contributed by atoms with Crippen LogP contribution in [0.5, 0.6) is 0 Å². The Balaban J connectivity index is 2.28. The normalized spacial score (nSPS) is 11.2. The monoisotopic (exact) mass is 225 g/mol. The first-order chi connectivity index (χ1) is 8.31. The summed E-state index contributed by atoms with van der Waals surface area (Å²) in [6, 6.07) is 18.3. The van der Waals surface area contributed by atoms with Crippen molar-refractivity contribution in [3.63, 3.8) is 0 Å². The largest absolute Gasteiger partial charge is 0.397 e. The van der Waals surface area contributed by atoms with Gasteiger partial charge in [-0.15, -0.1) is 0 Å². The van der Waals surface area contributed by atoms with Crippen LogP contribution in [-0.4, -0.2) is 0 Å². The maximum Gasteiger partial charge on any atom is 0.0561 e. The van der Waals surface area contributed by atoms with E-state index in [-0.39, 0.29) is 0 Å². The molecule has 0 heterocycles. The Bertz CT molecular complexity index is 501. The standard InChI is InChI=1S/C14H15N3/c15-14(10-17-16)13-8-6-12(7-9-13)11-4-2-1-3-5-11/h1-10,17H,15-16H2/b14-10-. The van der Waals surface area contributed by atoms with Gasteiger partial charge in [0.05, 0.1) is 5.70 Å². The average molecular weight is 225 g/mol. The summed E-state index contributed by atoms with van der Waals surface area (Å²) in [6.45, 7) is 0. The van der Waals surface area contributed by atoms with Crippen molar-refractivity contribution in [1.29, 1.82) is 0 Å². The van der Waals surface area contributed by atoms with Gasteiger partial charge in [-0.05, 0) is 16.7 Å². The molecule has 0 aromatic heterocycles. The second kappa shape index (κ2) is 5.18. The third kappa shape index (κ3) is 2.65. The van der Waals surface area contributed by atoms with Crippen molar-refractivity contribution < 1.29 is 0 Å². The Hall–Kier alpha value is -2.26. The highest BCUT2D eigenvalue weighted by molar-refractivity contribution is 5.68. The minimum absolute atomic E-state index is 0.618. The summed E-state index contributed by atoms with van der Waals surface area (Å²) in [5.41, 5.74) is 12.2. The van der Waals surface area contributed by atoms with Gasteiger partial charge in [0.2, 0.25) is 0 Å². The number of rotatable bonds is 3. The third-order valence-electron chi connectivity index (χ3n) is 2.56. The lowest BCUT2D eigenvalue weighted by molar-refractivity contribution is 0.967. The van der Waals surface area contributed by atoms with E-state index in [9.17, 15) is 0 Å². The zero-order chi connectivity index (χ0) is 12.1. The molecule has 0 saturated heterocycles. The number of hydrogen-bond donors (Lipinski definition) is 3. The van der Waals surface area contributed by atoms with Gasteiger partial charge in [0.1, 0.15) is 0 Å². The zero-order valence-electron chi connectivity index (χ0n) is 9.43.